The predicted octanol–water partition coefficient (Wildman–Crippen LogP) is -1.50. The summed E-state index contributed by atoms with van der Waals surface area (Å²) in [5, 5.41) is 8.84. The van der Waals surface area contributed by atoms with Crippen molar-refractivity contribution >= 4 is 12.0 Å². The fourth-order valence-corrected chi connectivity index (χ4v) is 1.15. The van der Waals surface area contributed by atoms with Crippen LogP contribution in [0.1, 0.15) is 0 Å². The quantitative estimate of drug-likeness (QED) is 0.443. The summed E-state index contributed by atoms with van der Waals surface area (Å²) >= 11 is 0. The van der Waals surface area contributed by atoms with E-state index in [1.807, 2.05) is 0 Å². The second-order valence-electron chi connectivity index (χ2n) is 2.75. The Morgan fingerprint density at radius 3 is 3.00 bits per heavy atom. The second kappa shape index (κ2) is 4.44. The van der Waals surface area contributed by atoms with Crippen LogP contribution in [0.5, 0.6) is 0 Å². The number of carbonyl (C=O) groups excluding carboxylic acids is 2. The molecule has 1 heterocycles. The van der Waals surface area contributed by atoms with Crippen LogP contribution >= 0.6 is 0 Å². The number of hydrogen-bond donors (Lipinski definition) is 1. The normalized spacial score (nSPS) is 19.9. The molecule has 84 valence electrons. The van der Waals surface area contributed by atoms with Crippen LogP contribution in [0.2, 0.25) is 0 Å². The third-order valence-electron chi connectivity index (χ3n) is 1.83. The Morgan fingerprint density at radius 1 is 1.80 bits per heavy atom. The van der Waals surface area contributed by atoms with E-state index in [2.05, 4.69) is 9.57 Å². The van der Waals surface area contributed by atoms with E-state index in [4.69, 9.17) is 5.73 Å². The summed E-state index contributed by atoms with van der Waals surface area (Å²) in [6.07, 6.45) is -0.731. The molecule has 2 amide bonds. The van der Waals surface area contributed by atoms with Gasteiger partial charge in [0, 0.05) is 6.54 Å². The fraction of sp³-hybridized carbons (Fsp3) is 0.667. The lowest BCUT2D eigenvalue weighted by atomic mass is 10.3. The lowest BCUT2D eigenvalue weighted by molar-refractivity contribution is -0.757. The third kappa shape index (κ3) is 2.69. The largest absolute Gasteiger partial charge is 0.447 e. The summed E-state index contributed by atoms with van der Waals surface area (Å²) in [6, 6.07) is -0.882. The highest BCUT2D eigenvalue weighted by Gasteiger charge is 2.36. The zero-order valence-corrected chi connectivity index (χ0v) is 7.62. The summed E-state index contributed by atoms with van der Waals surface area (Å²) in [6.45, 7) is -0.577. The van der Waals surface area contributed by atoms with Gasteiger partial charge in [0.1, 0.15) is 19.3 Å². The standard InChI is InChI=1S/C6H9N3O6/c7-5(10)4-3-14-6(11)8(4)1-2-15-9(12)13/h4H,1-3H2,(H2,7,10). The van der Waals surface area contributed by atoms with Crippen molar-refractivity contribution in [2.75, 3.05) is 19.8 Å². The first-order chi connectivity index (χ1) is 7.02. The van der Waals surface area contributed by atoms with E-state index in [1.165, 1.54) is 0 Å². The molecular weight excluding hydrogens is 210 g/mol. The van der Waals surface area contributed by atoms with Crippen LogP contribution in [-0.2, 0) is 14.4 Å². The first-order valence-electron chi connectivity index (χ1n) is 4.02. The van der Waals surface area contributed by atoms with Gasteiger partial charge in [0.2, 0.25) is 5.91 Å². The summed E-state index contributed by atoms with van der Waals surface area (Å²) in [5.74, 6) is -0.720. The van der Waals surface area contributed by atoms with E-state index >= 15 is 0 Å². The minimum Gasteiger partial charge on any atom is -0.447 e. The molecule has 0 saturated carbocycles. The van der Waals surface area contributed by atoms with Gasteiger partial charge >= 0.3 is 6.09 Å². The van der Waals surface area contributed by atoms with Crippen LogP contribution in [0.4, 0.5) is 4.79 Å². The highest BCUT2D eigenvalue weighted by molar-refractivity contribution is 5.86. The molecule has 1 fully saturated rings. The van der Waals surface area contributed by atoms with Crippen molar-refractivity contribution in [3.8, 4) is 0 Å². The van der Waals surface area contributed by atoms with Crippen molar-refractivity contribution in [2.45, 2.75) is 6.04 Å². The number of primary amides is 1. The molecule has 0 aliphatic carbocycles. The predicted molar refractivity (Wildman–Crippen MR) is 44.0 cm³/mol. The van der Waals surface area contributed by atoms with Crippen molar-refractivity contribution in [1.82, 2.24) is 4.90 Å². The monoisotopic (exact) mass is 219 g/mol. The molecule has 9 nitrogen and oxygen atoms in total. The molecule has 1 rings (SSSR count). The van der Waals surface area contributed by atoms with Crippen molar-refractivity contribution in [3.63, 3.8) is 0 Å². The summed E-state index contributed by atoms with van der Waals surface area (Å²) in [4.78, 5) is 36.7. The van der Waals surface area contributed by atoms with Gasteiger partial charge in [0.25, 0.3) is 5.09 Å². The van der Waals surface area contributed by atoms with Crippen LogP contribution in [0.25, 0.3) is 0 Å². The molecule has 0 spiro atoms. The molecule has 0 bridgehead atoms. The zero-order valence-electron chi connectivity index (χ0n) is 7.62. The van der Waals surface area contributed by atoms with E-state index in [1.54, 1.807) is 0 Å². The minimum atomic E-state index is -0.985. The average molecular weight is 219 g/mol. The van der Waals surface area contributed by atoms with Crippen molar-refractivity contribution in [3.05, 3.63) is 10.1 Å². The number of amides is 2. The van der Waals surface area contributed by atoms with Gasteiger partial charge in [-0.15, -0.1) is 10.1 Å². The Balaban J connectivity index is 2.46. The summed E-state index contributed by atoms with van der Waals surface area (Å²) < 4.78 is 4.56. The molecular formula is C6H9N3O6. The third-order valence-corrected chi connectivity index (χ3v) is 1.83. The lowest BCUT2D eigenvalue weighted by Gasteiger charge is -2.17. The van der Waals surface area contributed by atoms with E-state index in [0.717, 1.165) is 4.90 Å². The van der Waals surface area contributed by atoms with Crippen molar-refractivity contribution < 1.29 is 24.3 Å². The number of cyclic esters (lactones) is 1. The summed E-state index contributed by atoms with van der Waals surface area (Å²) in [5.41, 5.74) is 4.99. The Hall–Kier alpha value is -2.06. The van der Waals surface area contributed by atoms with Gasteiger partial charge in [-0.25, -0.2) is 4.79 Å². The Morgan fingerprint density at radius 2 is 2.47 bits per heavy atom. The molecule has 2 N–H and O–H groups in total. The molecule has 1 aliphatic rings. The van der Waals surface area contributed by atoms with Gasteiger partial charge in [-0.3, -0.25) is 9.69 Å². The highest BCUT2D eigenvalue weighted by atomic mass is 16.9. The number of carbonyl (C=O) groups is 2. The molecule has 1 aliphatic heterocycles. The first-order valence-corrected chi connectivity index (χ1v) is 4.02. The smallest absolute Gasteiger partial charge is 0.410 e. The van der Waals surface area contributed by atoms with Gasteiger partial charge in [-0.05, 0) is 0 Å². The minimum absolute atomic E-state index is 0.118. The molecule has 1 unspecified atom stereocenters. The van der Waals surface area contributed by atoms with Gasteiger partial charge in [-0.1, -0.05) is 0 Å². The summed E-state index contributed by atoms with van der Waals surface area (Å²) in [7, 11) is 0. The fourth-order valence-electron chi connectivity index (χ4n) is 1.15. The van der Waals surface area contributed by atoms with Gasteiger partial charge in [0.05, 0.1) is 0 Å². The number of ether oxygens (including phenoxy) is 1. The molecule has 1 atom stereocenters. The van der Waals surface area contributed by atoms with E-state index in [0.29, 0.717) is 0 Å². The molecule has 0 radical (unpaired) electrons. The Kier molecular flexibility index (Phi) is 3.26. The van der Waals surface area contributed by atoms with Gasteiger partial charge in [-0.2, -0.15) is 0 Å². The van der Waals surface area contributed by atoms with E-state index < -0.39 is 23.1 Å². The molecule has 0 aromatic rings. The van der Waals surface area contributed by atoms with Crippen molar-refractivity contribution in [2.24, 2.45) is 5.73 Å². The molecule has 0 aromatic carbocycles. The average Bonchev–Trinajstić information content (AvgIpc) is 2.47. The maximum absolute atomic E-state index is 11.0. The number of nitrogens with two attached hydrogens (primary N) is 1. The maximum atomic E-state index is 11.0. The zero-order chi connectivity index (χ0) is 11.4. The maximum Gasteiger partial charge on any atom is 0.410 e. The molecule has 9 heteroatoms. The number of rotatable bonds is 5. The van der Waals surface area contributed by atoms with Gasteiger partial charge < -0.3 is 15.3 Å². The van der Waals surface area contributed by atoms with E-state index in [9.17, 15) is 19.7 Å². The van der Waals surface area contributed by atoms with E-state index in [-0.39, 0.29) is 19.8 Å². The van der Waals surface area contributed by atoms with Crippen molar-refractivity contribution in [1.29, 1.82) is 0 Å². The SMILES string of the molecule is NC(=O)C1COC(=O)N1CCO[N+](=O)[O-]. The second-order valence-corrected chi connectivity index (χ2v) is 2.75. The molecule has 15 heavy (non-hydrogen) atoms. The van der Waals surface area contributed by atoms with Crippen LogP contribution in [0.3, 0.4) is 0 Å². The highest BCUT2D eigenvalue weighted by Crippen LogP contribution is 2.11. The number of nitrogens with zero attached hydrogens (tertiary/aromatic N) is 2. The van der Waals surface area contributed by atoms with Crippen LogP contribution in [0.15, 0.2) is 0 Å². The Labute approximate surface area is 83.8 Å². The molecule has 1 saturated heterocycles. The Bertz CT molecular complexity index is 293. The molecule has 0 aromatic heterocycles. The van der Waals surface area contributed by atoms with Gasteiger partial charge in [0.15, 0.2) is 0 Å². The topological polar surface area (TPSA) is 125 Å². The number of hydrogen-bond acceptors (Lipinski definition) is 6. The van der Waals surface area contributed by atoms with Crippen LogP contribution in [-0.4, -0.2) is 47.8 Å². The first kappa shape index (κ1) is 11.0. The van der Waals surface area contributed by atoms with Crippen LogP contribution in [0, 0.1) is 10.1 Å². The van der Waals surface area contributed by atoms with Crippen LogP contribution < -0.4 is 5.73 Å². The lowest BCUT2D eigenvalue weighted by Crippen LogP contribution is -2.44.